The molecule has 0 aliphatic rings. The Kier molecular flexibility index (Phi) is 6.08. The average molecular weight is 460 g/mol. The minimum atomic E-state index is -1.24. The number of carbonyl (C=O) groups is 2. The Balaban J connectivity index is 1.50. The third-order valence-electron chi connectivity index (χ3n) is 4.96. The molecule has 0 aliphatic carbocycles. The van der Waals surface area contributed by atoms with Gasteiger partial charge in [0.2, 0.25) is 0 Å². The van der Waals surface area contributed by atoms with Crippen molar-refractivity contribution in [1.29, 1.82) is 0 Å². The summed E-state index contributed by atoms with van der Waals surface area (Å²) in [6, 6.07) is 15.1. The van der Waals surface area contributed by atoms with Crippen molar-refractivity contribution in [3.8, 4) is 17.2 Å². The first-order chi connectivity index (χ1) is 16.3. The number of aromatic nitrogens is 4. The highest BCUT2D eigenvalue weighted by atomic mass is 16.5. The second-order valence-electron chi connectivity index (χ2n) is 7.18. The summed E-state index contributed by atoms with van der Waals surface area (Å²) in [5, 5.41) is 13.6. The Labute approximate surface area is 193 Å². The van der Waals surface area contributed by atoms with Crippen LogP contribution in [0.4, 0.5) is 16.4 Å². The lowest BCUT2D eigenvalue weighted by molar-refractivity contribution is 0.102. The first kappa shape index (κ1) is 22.3. The molecule has 0 saturated carbocycles. The molecule has 0 spiro atoms. The maximum atomic E-state index is 13.0. The zero-order valence-electron chi connectivity index (χ0n) is 18.2. The number of nitrogens with zero attached hydrogens (tertiary/aromatic N) is 4. The van der Waals surface area contributed by atoms with E-state index in [1.807, 2.05) is 18.2 Å². The first-order valence-corrected chi connectivity index (χ1v) is 10.1. The fourth-order valence-corrected chi connectivity index (χ4v) is 3.31. The van der Waals surface area contributed by atoms with Crippen LogP contribution < -0.4 is 20.9 Å². The van der Waals surface area contributed by atoms with E-state index < -0.39 is 17.6 Å². The van der Waals surface area contributed by atoms with Gasteiger partial charge in [-0.05, 0) is 37.3 Å². The molecule has 0 atom stereocenters. The van der Waals surface area contributed by atoms with Gasteiger partial charge in [-0.3, -0.25) is 19.6 Å². The molecule has 4 aromatic rings. The molecule has 4 rings (SSSR count). The van der Waals surface area contributed by atoms with Gasteiger partial charge >= 0.3 is 6.09 Å². The van der Waals surface area contributed by atoms with E-state index in [0.717, 1.165) is 0 Å². The Morgan fingerprint density at radius 1 is 0.971 bits per heavy atom. The zero-order valence-corrected chi connectivity index (χ0v) is 18.2. The van der Waals surface area contributed by atoms with Gasteiger partial charge in [0.1, 0.15) is 28.7 Å². The van der Waals surface area contributed by atoms with Crippen molar-refractivity contribution in [3.05, 3.63) is 88.6 Å². The van der Waals surface area contributed by atoms with Gasteiger partial charge < -0.3 is 15.2 Å². The second-order valence-corrected chi connectivity index (χ2v) is 7.18. The monoisotopic (exact) mass is 460 g/mol. The molecule has 0 aliphatic heterocycles. The average Bonchev–Trinajstić information content (AvgIpc) is 3.03. The van der Waals surface area contributed by atoms with Crippen LogP contribution in [0.3, 0.4) is 0 Å². The largest absolute Gasteiger partial charge is 0.465 e. The number of carbonyl (C=O) groups excluding carboxylic acids is 1. The predicted molar refractivity (Wildman–Crippen MR) is 124 cm³/mol. The smallest absolute Gasteiger partial charge is 0.410 e. The molecule has 3 heterocycles. The van der Waals surface area contributed by atoms with Crippen LogP contribution >= 0.6 is 0 Å². The summed E-state index contributed by atoms with van der Waals surface area (Å²) in [5.41, 5.74) is 0.736. The molecule has 0 saturated heterocycles. The van der Waals surface area contributed by atoms with E-state index in [4.69, 9.17) is 9.84 Å². The Bertz CT molecular complexity index is 1410. The first-order valence-electron chi connectivity index (χ1n) is 10.1. The van der Waals surface area contributed by atoms with Crippen molar-refractivity contribution in [3.63, 3.8) is 0 Å². The minimum Gasteiger partial charge on any atom is -0.465 e. The van der Waals surface area contributed by atoms with Crippen LogP contribution in [0.2, 0.25) is 0 Å². The number of rotatable bonds is 6. The van der Waals surface area contributed by atoms with E-state index >= 15 is 0 Å². The summed E-state index contributed by atoms with van der Waals surface area (Å²) in [4.78, 5) is 44.6. The van der Waals surface area contributed by atoms with Gasteiger partial charge in [-0.1, -0.05) is 18.2 Å². The number of pyridine rings is 2. The number of nitrogens with one attached hydrogen (secondary N) is 2. The highest BCUT2D eigenvalue weighted by molar-refractivity contribution is 6.04. The van der Waals surface area contributed by atoms with Gasteiger partial charge in [0.25, 0.3) is 11.5 Å². The molecule has 34 heavy (non-hydrogen) atoms. The molecule has 0 radical (unpaired) electrons. The highest BCUT2D eigenvalue weighted by Crippen LogP contribution is 2.23. The van der Waals surface area contributed by atoms with Crippen LogP contribution in [0.5, 0.6) is 11.5 Å². The van der Waals surface area contributed by atoms with Crippen LogP contribution in [0.15, 0.2) is 71.8 Å². The van der Waals surface area contributed by atoms with E-state index in [0.29, 0.717) is 22.9 Å². The van der Waals surface area contributed by atoms with Gasteiger partial charge in [-0.15, -0.1) is 0 Å². The van der Waals surface area contributed by atoms with Gasteiger partial charge in [-0.2, -0.15) is 0 Å². The molecule has 11 heteroatoms. The van der Waals surface area contributed by atoms with E-state index in [1.165, 1.54) is 29.2 Å². The zero-order chi connectivity index (χ0) is 24.2. The van der Waals surface area contributed by atoms with Crippen LogP contribution in [0.1, 0.15) is 16.1 Å². The van der Waals surface area contributed by atoms with Crippen molar-refractivity contribution < 1.29 is 19.4 Å². The Morgan fingerprint density at radius 2 is 1.74 bits per heavy atom. The van der Waals surface area contributed by atoms with Crippen molar-refractivity contribution >= 4 is 23.6 Å². The van der Waals surface area contributed by atoms with Gasteiger partial charge in [0.15, 0.2) is 0 Å². The predicted octanol–water partition coefficient (Wildman–Crippen LogP) is 3.41. The number of hydrogen-bond acceptors (Lipinski definition) is 6. The van der Waals surface area contributed by atoms with Crippen molar-refractivity contribution in [2.45, 2.75) is 6.92 Å². The fraction of sp³-hybridized carbons (Fsp3) is 0.0870. The molecule has 172 valence electrons. The van der Waals surface area contributed by atoms with Crippen molar-refractivity contribution in [1.82, 2.24) is 19.3 Å². The summed E-state index contributed by atoms with van der Waals surface area (Å²) in [5.74, 6) is 0.467. The molecule has 11 nitrogen and oxygen atoms in total. The standard InChI is InChI=1S/C23H20N6O5/c1-14-20(22(31)29(28(14)2)15-6-4-3-5-7-15)21(30)26-18-9-8-17(13-25-18)34-16-10-11-24-19(12-16)27-23(32)33/h3-13H,1-2H3,(H,24,27)(H,32,33)(H,25,26,30). The van der Waals surface area contributed by atoms with Gasteiger partial charge in [0.05, 0.1) is 17.6 Å². The lowest BCUT2D eigenvalue weighted by Crippen LogP contribution is -2.25. The van der Waals surface area contributed by atoms with Crippen LogP contribution in [0.25, 0.3) is 5.69 Å². The highest BCUT2D eigenvalue weighted by Gasteiger charge is 2.22. The van der Waals surface area contributed by atoms with Crippen LogP contribution in [-0.4, -0.2) is 36.4 Å². The third-order valence-corrected chi connectivity index (χ3v) is 4.96. The number of ether oxygens (including phenoxy) is 1. The van der Waals surface area contributed by atoms with E-state index in [1.54, 1.807) is 42.9 Å². The van der Waals surface area contributed by atoms with Crippen molar-refractivity contribution in [2.24, 2.45) is 7.05 Å². The van der Waals surface area contributed by atoms with Crippen LogP contribution in [0, 0.1) is 6.92 Å². The molecule has 1 aromatic carbocycles. The summed E-state index contributed by atoms with van der Waals surface area (Å²) >= 11 is 0. The molecular formula is C23H20N6O5. The second kappa shape index (κ2) is 9.28. The van der Waals surface area contributed by atoms with E-state index in [-0.39, 0.29) is 17.2 Å². The quantitative estimate of drug-likeness (QED) is 0.400. The summed E-state index contributed by atoms with van der Waals surface area (Å²) < 4.78 is 8.70. The van der Waals surface area contributed by atoms with Crippen LogP contribution in [-0.2, 0) is 7.05 Å². The van der Waals surface area contributed by atoms with Gasteiger partial charge in [-0.25, -0.2) is 19.4 Å². The number of anilines is 2. The third kappa shape index (κ3) is 4.63. The number of hydrogen-bond donors (Lipinski definition) is 3. The molecule has 0 bridgehead atoms. The fourth-order valence-electron chi connectivity index (χ4n) is 3.31. The SMILES string of the molecule is Cc1c(C(=O)Nc2ccc(Oc3ccnc(NC(=O)O)c3)cn2)c(=O)n(-c2ccccc2)n1C. The Hall–Kier alpha value is -4.93. The number of para-hydroxylation sites is 1. The summed E-state index contributed by atoms with van der Waals surface area (Å²) in [6.07, 6.45) is 1.55. The minimum absolute atomic E-state index is 0.0173. The maximum Gasteiger partial charge on any atom is 0.410 e. The Morgan fingerprint density at radius 3 is 2.41 bits per heavy atom. The number of benzene rings is 1. The van der Waals surface area contributed by atoms with E-state index in [9.17, 15) is 14.4 Å². The molecule has 0 fully saturated rings. The summed E-state index contributed by atoms with van der Waals surface area (Å²) in [7, 11) is 1.71. The molecular weight excluding hydrogens is 440 g/mol. The lowest BCUT2D eigenvalue weighted by atomic mass is 10.2. The topological polar surface area (TPSA) is 140 Å². The van der Waals surface area contributed by atoms with E-state index in [2.05, 4.69) is 20.6 Å². The number of amides is 2. The molecule has 3 N–H and O–H groups in total. The lowest BCUT2D eigenvalue weighted by Gasteiger charge is -2.08. The normalized spacial score (nSPS) is 10.5. The summed E-state index contributed by atoms with van der Waals surface area (Å²) in [6.45, 7) is 1.70. The van der Waals surface area contributed by atoms with Crippen molar-refractivity contribution in [2.75, 3.05) is 10.6 Å². The molecule has 3 aromatic heterocycles. The number of carboxylic acid groups (broad SMARTS) is 1. The van der Waals surface area contributed by atoms with Gasteiger partial charge in [0, 0.05) is 19.3 Å². The maximum absolute atomic E-state index is 13.0. The molecule has 0 unspecified atom stereocenters. The molecule has 2 amide bonds.